The number of alkyl halides is 3. The molecule has 1 heterocycles. The van der Waals surface area contributed by atoms with Crippen LogP contribution in [0, 0.1) is 0 Å². The molecule has 1 N–H and O–H groups in total. The van der Waals surface area contributed by atoms with Gasteiger partial charge in [0.05, 0.1) is 17.8 Å². The fourth-order valence-corrected chi connectivity index (χ4v) is 2.68. The second kappa shape index (κ2) is 5.50. The lowest BCUT2D eigenvalue weighted by molar-refractivity contribution is -0.274. The maximum atomic E-state index is 12.3. The minimum absolute atomic E-state index is 0.321. The maximum absolute atomic E-state index is 12.3. The summed E-state index contributed by atoms with van der Waals surface area (Å²) in [7, 11) is 0. The van der Waals surface area contributed by atoms with Crippen LogP contribution in [0.1, 0.15) is 38.7 Å². The summed E-state index contributed by atoms with van der Waals surface area (Å²) in [5.41, 5.74) is -1.26. The van der Waals surface area contributed by atoms with Crippen LogP contribution in [0.2, 0.25) is 0 Å². The minimum atomic E-state index is -4.74. The van der Waals surface area contributed by atoms with Gasteiger partial charge in [-0.2, -0.15) is 0 Å². The summed E-state index contributed by atoms with van der Waals surface area (Å²) in [5, 5.41) is 10.8. The average Bonchev–Trinajstić information content (AvgIpc) is 2.37. The predicted octanol–water partition coefficient (Wildman–Crippen LogP) is 3.75. The number of halogens is 3. The molecule has 2 unspecified atom stereocenters. The summed E-state index contributed by atoms with van der Waals surface area (Å²) in [4.78, 5) is 0. The van der Waals surface area contributed by atoms with E-state index in [0.717, 1.165) is 0 Å². The lowest BCUT2D eigenvalue weighted by Crippen LogP contribution is -2.45. The highest BCUT2D eigenvalue weighted by atomic mass is 19.4. The first kappa shape index (κ1) is 16.1. The Morgan fingerprint density at radius 2 is 2.10 bits per heavy atom. The Bertz CT molecular complexity index is 503. The third-order valence-corrected chi connectivity index (χ3v) is 3.99. The molecular weight excluding hydrogens is 285 g/mol. The van der Waals surface area contributed by atoms with Crippen LogP contribution in [0.4, 0.5) is 13.2 Å². The molecule has 0 radical (unpaired) electrons. The van der Waals surface area contributed by atoms with Crippen molar-refractivity contribution in [1.82, 2.24) is 0 Å². The van der Waals surface area contributed by atoms with Crippen molar-refractivity contribution in [3.05, 3.63) is 29.8 Å². The Balaban J connectivity index is 2.26. The molecule has 21 heavy (non-hydrogen) atoms. The molecule has 0 aromatic heterocycles. The molecule has 2 rings (SSSR count). The molecule has 6 heteroatoms. The van der Waals surface area contributed by atoms with E-state index in [2.05, 4.69) is 4.74 Å². The molecule has 1 aromatic rings. The van der Waals surface area contributed by atoms with E-state index >= 15 is 0 Å². The third kappa shape index (κ3) is 3.89. The summed E-state index contributed by atoms with van der Waals surface area (Å²) in [6, 6.07) is 5.53. The first-order chi connectivity index (χ1) is 9.66. The quantitative estimate of drug-likeness (QED) is 0.924. The Morgan fingerprint density at radius 1 is 1.38 bits per heavy atom. The Hall–Kier alpha value is -1.27. The molecule has 0 aliphatic carbocycles. The number of ether oxygens (including phenoxy) is 2. The van der Waals surface area contributed by atoms with Crippen LogP contribution in [0.3, 0.4) is 0 Å². The standard InChI is InChI=1S/C15H19F3O3/c1-3-13(2)10-14(19,7-8-20-13)11-5-4-6-12(9-11)21-15(16,17)18/h4-6,9,19H,3,7-8,10H2,1-2H3. The van der Waals surface area contributed by atoms with Crippen molar-refractivity contribution in [2.24, 2.45) is 0 Å². The van der Waals surface area contributed by atoms with E-state index in [9.17, 15) is 18.3 Å². The summed E-state index contributed by atoms with van der Waals surface area (Å²) in [6.07, 6.45) is -3.34. The normalized spacial score (nSPS) is 30.2. The Morgan fingerprint density at radius 3 is 2.71 bits per heavy atom. The number of hydrogen-bond acceptors (Lipinski definition) is 3. The van der Waals surface area contributed by atoms with Gasteiger partial charge in [0, 0.05) is 12.8 Å². The van der Waals surface area contributed by atoms with Gasteiger partial charge in [-0.15, -0.1) is 13.2 Å². The molecule has 1 aliphatic rings. The van der Waals surface area contributed by atoms with E-state index in [1.54, 1.807) is 6.07 Å². The van der Waals surface area contributed by atoms with Crippen molar-refractivity contribution in [2.75, 3.05) is 6.61 Å². The lowest BCUT2D eigenvalue weighted by atomic mass is 9.77. The second-order valence-corrected chi connectivity index (χ2v) is 5.69. The van der Waals surface area contributed by atoms with Gasteiger partial charge in [-0.1, -0.05) is 19.1 Å². The molecule has 0 saturated carbocycles. The minimum Gasteiger partial charge on any atom is -0.406 e. The molecule has 0 bridgehead atoms. The summed E-state index contributed by atoms with van der Waals surface area (Å²) in [5.74, 6) is -0.321. The highest BCUT2D eigenvalue weighted by Gasteiger charge is 2.42. The molecule has 3 nitrogen and oxygen atoms in total. The van der Waals surface area contributed by atoms with Gasteiger partial charge < -0.3 is 14.6 Å². The molecule has 1 fully saturated rings. The lowest BCUT2D eigenvalue weighted by Gasteiger charge is -2.43. The van der Waals surface area contributed by atoms with Crippen LogP contribution in [-0.2, 0) is 10.3 Å². The van der Waals surface area contributed by atoms with Crippen molar-refractivity contribution in [2.45, 2.75) is 50.7 Å². The second-order valence-electron chi connectivity index (χ2n) is 5.69. The zero-order valence-corrected chi connectivity index (χ0v) is 12.0. The first-order valence-corrected chi connectivity index (χ1v) is 6.88. The zero-order valence-electron chi connectivity index (χ0n) is 12.0. The van der Waals surface area contributed by atoms with Crippen molar-refractivity contribution in [3.63, 3.8) is 0 Å². The summed E-state index contributed by atoms with van der Waals surface area (Å²) < 4.78 is 46.4. The fraction of sp³-hybridized carbons (Fsp3) is 0.600. The van der Waals surface area contributed by atoms with Crippen molar-refractivity contribution < 1.29 is 27.8 Å². The molecule has 1 aliphatic heterocycles. The van der Waals surface area contributed by atoms with Crippen LogP contribution in [0.15, 0.2) is 24.3 Å². The molecule has 0 spiro atoms. The first-order valence-electron chi connectivity index (χ1n) is 6.88. The fourth-order valence-electron chi connectivity index (χ4n) is 2.68. The van der Waals surface area contributed by atoms with Crippen molar-refractivity contribution in [1.29, 1.82) is 0 Å². The van der Waals surface area contributed by atoms with Crippen LogP contribution in [0.25, 0.3) is 0 Å². The monoisotopic (exact) mass is 304 g/mol. The number of rotatable bonds is 3. The molecular formula is C15H19F3O3. The summed E-state index contributed by atoms with van der Waals surface area (Å²) >= 11 is 0. The number of hydrogen-bond donors (Lipinski definition) is 1. The molecule has 0 amide bonds. The highest BCUT2D eigenvalue weighted by Crippen LogP contribution is 2.42. The average molecular weight is 304 g/mol. The third-order valence-electron chi connectivity index (χ3n) is 3.99. The Kier molecular flexibility index (Phi) is 4.22. The largest absolute Gasteiger partial charge is 0.573 e. The van der Waals surface area contributed by atoms with Crippen LogP contribution in [-0.4, -0.2) is 23.7 Å². The molecule has 2 atom stereocenters. The molecule has 118 valence electrons. The van der Waals surface area contributed by atoms with Gasteiger partial charge in [0.15, 0.2) is 0 Å². The molecule has 1 aromatic carbocycles. The van der Waals surface area contributed by atoms with E-state index in [0.29, 0.717) is 31.4 Å². The van der Waals surface area contributed by atoms with E-state index in [-0.39, 0.29) is 5.75 Å². The van der Waals surface area contributed by atoms with Gasteiger partial charge in [0.25, 0.3) is 0 Å². The van der Waals surface area contributed by atoms with E-state index in [1.165, 1.54) is 18.2 Å². The van der Waals surface area contributed by atoms with Crippen molar-refractivity contribution in [3.8, 4) is 5.75 Å². The predicted molar refractivity (Wildman–Crippen MR) is 70.9 cm³/mol. The van der Waals surface area contributed by atoms with Gasteiger partial charge in [-0.3, -0.25) is 0 Å². The molecule has 1 saturated heterocycles. The smallest absolute Gasteiger partial charge is 0.406 e. The topological polar surface area (TPSA) is 38.7 Å². The van der Waals surface area contributed by atoms with Crippen molar-refractivity contribution >= 4 is 0 Å². The van der Waals surface area contributed by atoms with Gasteiger partial charge in [-0.25, -0.2) is 0 Å². The number of benzene rings is 1. The highest BCUT2D eigenvalue weighted by molar-refractivity contribution is 5.33. The van der Waals surface area contributed by atoms with Crippen LogP contribution < -0.4 is 4.74 Å². The Labute approximate surface area is 121 Å². The van der Waals surface area contributed by atoms with Gasteiger partial charge >= 0.3 is 6.36 Å². The maximum Gasteiger partial charge on any atom is 0.573 e. The zero-order chi connectivity index (χ0) is 15.7. The van der Waals surface area contributed by atoms with Crippen LogP contribution >= 0.6 is 0 Å². The summed E-state index contributed by atoms with van der Waals surface area (Å²) in [6.45, 7) is 4.22. The van der Waals surface area contributed by atoms with E-state index in [1.807, 2.05) is 13.8 Å². The van der Waals surface area contributed by atoms with Crippen LogP contribution in [0.5, 0.6) is 5.75 Å². The van der Waals surface area contributed by atoms with E-state index < -0.39 is 17.6 Å². The van der Waals surface area contributed by atoms with Gasteiger partial charge in [0.2, 0.25) is 0 Å². The van der Waals surface area contributed by atoms with Gasteiger partial charge in [0.1, 0.15) is 5.75 Å². The SMILES string of the molecule is CCC1(C)CC(O)(c2cccc(OC(F)(F)F)c2)CCO1. The van der Waals surface area contributed by atoms with Gasteiger partial charge in [-0.05, 0) is 31.0 Å². The van der Waals surface area contributed by atoms with E-state index in [4.69, 9.17) is 4.74 Å². The number of aliphatic hydroxyl groups is 1.